The Morgan fingerprint density at radius 1 is 0.885 bits per heavy atom. The molecule has 7 nitrogen and oxygen atoms in total. The predicted octanol–water partition coefficient (Wildman–Crippen LogP) is 2.27. The van der Waals surface area contributed by atoms with E-state index in [0.717, 1.165) is 6.42 Å². The third-order valence-corrected chi connectivity index (χ3v) is 3.34. The van der Waals surface area contributed by atoms with E-state index in [0.29, 0.717) is 23.4 Å². The van der Waals surface area contributed by atoms with Gasteiger partial charge in [0.2, 0.25) is 5.91 Å². The average molecular weight is 355 g/mol. The summed E-state index contributed by atoms with van der Waals surface area (Å²) in [7, 11) is 0. The molecule has 26 heavy (non-hydrogen) atoms. The predicted molar refractivity (Wildman–Crippen MR) is 97.5 cm³/mol. The molecule has 2 rings (SSSR count). The summed E-state index contributed by atoms with van der Waals surface area (Å²) in [5, 5.41) is 2.73. The molecule has 0 spiro atoms. The second-order valence-electron chi connectivity index (χ2n) is 5.48. The summed E-state index contributed by atoms with van der Waals surface area (Å²) in [5.74, 6) is -0.458. The van der Waals surface area contributed by atoms with Crippen molar-refractivity contribution in [1.82, 2.24) is 10.9 Å². The number of anilines is 1. The molecule has 3 amide bonds. The fourth-order valence-electron chi connectivity index (χ4n) is 2.06. The van der Waals surface area contributed by atoms with Crippen LogP contribution in [0, 0.1) is 0 Å². The smallest absolute Gasteiger partial charge is 0.276 e. The van der Waals surface area contributed by atoms with Gasteiger partial charge in [0.05, 0.1) is 0 Å². The van der Waals surface area contributed by atoms with Crippen LogP contribution >= 0.6 is 0 Å². The number of ether oxygens (including phenoxy) is 1. The number of carbonyl (C=O) groups excluding carboxylic acids is 3. The van der Waals surface area contributed by atoms with E-state index in [-0.39, 0.29) is 12.5 Å². The van der Waals surface area contributed by atoms with Crippen LogP contribution in [0.4, 0.5) is 5.69 Å². The van der Waals surface area contributed by atoms with Gasteiger partial charge in [0.25, 0.3) is 11.8 Å². The number of amides is 3. The third kappa shape index (κ3) is 6.27. The molecule has 0 unspecified atom stereocenters. The van der Waals surface area contributed by atoms with Crippen LogP contribution in [0.25, 0.3) is 0 Å². The van der Waals surface area contributed by atoms with Gasteiger partial charge in [-0.15, -0.1) is 0 Å². The maximum atomic E-state index is 12.0. The zero-order valence-corrected chi connectivity index (χ0v) is 14.5. The number of hydrogen-bond acceptors (Lipinski definition) is 4. The third-order valence-electron chi connectivity index (χ3n) is 3.34. The normalized spacial score (nSPS) is 9.88. The number of hydrogen-bond donors (Lipinski definition) is 3. The highest BCUT2D eigenvalue weighted by Crippen LogP contribution is 2.10. The minimum atomic E-state index is -0.481. The second kappa shape index (κ2) is 9.83. The Labute approximate surface area is 151 Å². The molecule has 2 aromatic carbocycles. The lowest BCUT2D eigenvalue weighted by atomic mass is 10.2. The molecule has 0 saturated heterocycles. The highest BCUT2D eigenvalue weighted by molar-refractivity contribution is 5.96. The van der Waals surface area contributed by atoms with Gasteiger partial charge in [0.1, 0.15) is 5.75 Å². The van der Waals surface area contributed by atoms with Crippen molar-refractivity contribution in [3.8, 4) is 5.75 Å². The number of hydrazine groups is 1. The van der Waals surface area contributed by atoms with E-state index in [1.165, 1.54) is 0 Å². The fraction of sp³-hybridized carbons (Fsp3) is 0.211. The van der Waals surface area contributed by atoms with E-state index in [1.54, 1.807) is 48.5 Å². The fourth-order valence-corrected chi connectivity index (χ4v) is 2.06. The number of carbonyl (C=O) groups is 3. The molecule has 0 bridgehead atoms. The Morgan fingerprint density at radius 2 is 1.58 bits per heavy atom. The monoisotopic (exact) mass is 355 g/mol. The van der Waals surface area contributed by atoms with Gasteiger partial charge in [-0.05, 0) is 42.8 Å². The van der Waals surface area contributed by atoms with Crippen molar-refractivity contribution in [3.05, 3.63) is 60.2 Å². The highest BCUT2D eigenvalue weighted by atomic mass is 16.5. The largest absolute Gasteiger partial charge is 0.484 e. The van der Waals surface area contributed by atoms with Crippen LogP contribution in [0.15, 0.2) is 54.6 Å². The molecule has 0 aliphatic rings. The van der Waals surface area contributed by atoms with Gasteiger partial charge in [-0.25, -0.2) is 0 Å². The van der Waals surface area contributed by atoms with Gasteiger partial charge < -0.3 is 10.1 Å². The topological polar surface area (TPSA) is 96.5 Å². The number of para-hydroxylation sites is 1. The molecule has 0 radical (unpaired) electrons. The molecule has 0 aliphatic heterocycles. The molecule has 0 aliphatic carbocycles. The Morgan fingerprint density at radius 3 is 2.23 bits per heavy atom. The van der Waals surface area contributed by atoms with Gasteiger partial charge in [0, 0.05) is 17.7 Å². The second-order valence-corrected chi connectivity index (χ2v) is 5.48. The van der Waals surface area contributed by atoms with Crippen molar-refractivity contribution in [2.24, 2.45) is 0 Å². The molecule has 2 aromatic rings. The average Bonchev–Trinajstić information content (AvgIpc) is 2.66. The lowest BCUT2D eigenvalue weighted by Gasteiger charge is -2.09. The number of benzene rings is 2. The van der Waals surface area contributed by atoms with Crippen molar-refractivity contribution in [2.45, 2.75) is 19.8 Å². The molecule has 0 heterocycles. The quantitative estimate of drug-likeness (QED) is 0.664. The van der Waals surface area contributed by atoms with Crippen molar-refractivity contribution >= 4 is 23.4 Å². The molecule has 0 atom stereocenters. The van der Waals surface area contributed by atoms with E-state index in [9.17, 15) is 14.4 Å². The van der Waals surface area contributed by atoms with E-state index in [4.69, 9.17) is 4.74 Å². The van der Waals surface area contributed by atoms with Crippen molar-refractivity contribution in [1.29, 1.82) is 0 Å². The van der Waals surface area contributed by atoms with Crippen LogP contribution < -0.4 is 20.9 Å². The molecular weight excluding hydrogens is 334 g/mol. The van der Waals surface area contributed by atoms with Gasteiger partial charge in [-0.3, -0.25) is 25.2 Å². The summed E-state index contributed by atoms with van der Waals surface area (Å²) in [5.41, 5.74) is 5.55. The zero-order valence-electron chi connectivity index (χ0n) is 14.5. The minimum Gasteiger partial charge on any atom is -0.484 e. The van der Waals surface area contributed by atoms with Gasteiger partial charge in [0.15, 0.2) is 6.61 Å². The van der Waals surface area contributed by atoms with Crippen LogP contribution in [0.3, 0.4) is 0 Å². The van der Waals surface area contributed by atoms with Crippen molar-refractivity contribution < 1.29 is 19.1 Å². The van der Waals surface area contributed by atoms with E-state index < -0.39 is 11.8 Å². The molecule has 3 N–H and O–H groups in total. The number of rotatable bonds is 7. The molecule has 0 aromatic heterocycles. The molecular formula is C19H21N3O4. The summed E-state index contributed by atoms with van der Waals surface area (Å²) in [6.45, 7) is 1.71. The summed E-state index contributed by atoms with van der Waals surface area (Å²) < 4.78 is 5.27. The molecule has 0 fully saturated rings. The first-order valence-corrected chi connectivity index (χ1v) is 8.25. The summed E-state index contributed by atoms with van der Waals surface area (Å²) in [6, 6.07) is 15.3. The molecule has 0 saturated carbocycles. The Hall–Kier alpha value is -3.35. The van der Waals surface area contributed by atoms with Gasteiger partial charge in [-0.1, -0.05) is 25.1 Å². The summed E-state index contributed by atoms with van der Waals surface area (Å²) in [4.78, 5) is 35.2. The van der Waals surface area contributed by atoms with E-state index in [1.807, 2.05) is 13.0 Å². The van der Waals surface area contributed by atoms with Crippen LogP contribution in [-0.2, 0) is 9.59 Å². The minimum absolute atomic E-state index is 0.0737. The first kappa shape index (κ1) is 19.0. The summed E-state index contributed by atoms with van der Waals surface area (Å²) in [6.07, 6.45) is 1.21. The molecule has 7 heteroatoms. The van der Waals surface area contributed by atoms with Crippen LogP contribution in [0.5, 0.6) is 5.75 Å². The standard InChI is InChI=1S/C19H21N3O4/c1-2-6-17(23)20-15-11-9-14(10-12-15)19(25)22-21-18(24)13-26-16-7-4-3-5-8-16/h3-5,7-12H,2,6,13H2,1H3,(H,20,23)(H,21,24)(H,22,25). The summed E-state index contributed by atoms with van der Waals surface area (Å²) >= 11 is 0. The maximum Gasteiger partial charge on any atom is 0.276 e. The lowest BCUT2D eigenvalue weighted by Crippen LogP contribution is -2.43. The van der Waals surface area contributed by atoms with Crippen LogP contribution in [0.1, 0.15) is 30.1 Å². The molecule has 136 valence electrons. The van der Waals surface area contributed by atoms with E-state index >= 15 is 0 Å². The Balaban J connectivity index is 1.76. The first-order chi connectivity index (χ1) is 12.6. The van der Waals surface area contributed by atoms with E-state index in [2.05, 4.69) is 16.2 Å². The van der Waals surface area contributed by atoms with Crippen LogP contribution in [0.2, 0.25) is 0 Å². The number of nitrogens with one attached hydrogen (secondary N) is 3. The zero-order chi connectivity index (χ0) is 18.8. The van der Waals surface area contributed by atoms with Crippen LogP contribution in [-0.4, -0.2) is 24.3 Å². The SMILES string of the molecule is CCCC(=O)Nc1ccc(C(=O)NNC(=O)COc2ccccc2)cc1. The van der Waals surface area contributed by atoms with Crippen molar-refractivity contribution in [3.63, 3.8) is 0 Å². The first-order valence-electron chi connectivity index (χ1n) is 8.25. The van der Waals surface area contributed by atoms with Gasteiger partial charge >= 0.3 is 0 Å². The Kier molecular flexibility index (Phi) is 7.17. The maximum absolute atomic E-state index is 12.0. The van der Waals surface area contributed by atoms with Crippen molar-refractivity contribution in [2.75, 3.05) is 11.9 Å². The van der Waals surface area contributed by atoms with Gasteiger partial charge in [-0.2, -0.15) is 0 Å². The lowest BCUT2D eigenvalue weighted by molar-refractivity contribution is -0.123. The highest BCUT2D eigenvalue weighted by Gasteiger charge is 2.08. The Bertz CT molecular complexity index is 745.